The fourth-order valence-corrected chi connectivity index (χ4v) is 4.87. The fourth-order valence-electron chi connectivity index (χ4n) is 4.87. The highest BCUT2D eigenvalue weighted by molar-refractivity contribution is 6.01. The molecule has 1 N–H and O–H groups in total. The molecular weight excluding hydrogens is 404 g/mol. The summed E-state index contributed by atoms with van der Waals surface area (Å²) in [4.78, 5) is 16.0. The zero-order valence-electron chi connectivity index (χ0n) is 19.2. The van der Waals surface area contributed by atoms with Crippen LogP contribution in [0, 0.1) is 0 Å². The number of nitrogens with one attached hydrogen (secondary N) is 1. The van der Waals surface area contributed by atoms with E-state index in [1.54, 1.807) is 0 Å². The Hall–Kier alpha value is -2.73. The van der Waals surface area contributed by atoms with Crippen LogP contribution in [0.2, 0.25) is 0 Å². The van der Waals surface area contributed by atoms with E-state index in [0.717, 1.165) is 55.8 Å². The molecule has 0 atom stereocenters. The monoisotopic (exact) mass is 438 g/mol. The van der Waals surface area contributed by atoms with Crippen LogP contribution in [0.15, 0.2) is 42.5 Å². The molecule has 1 aliphatic heterocycles. The lowest BCUT2D eigenvalue weighted by Gasteiger charge is -2.32. The Labute approximate surface area is 190 Å². The molecule has 2 aliphatic rings. The van der Waals surface area contributed by atoms with E-state index in [4.69, 9.17) is 14.2 Å². The van der Waals surface area contributed by atoms with Gasteiger partial charge in [-0.15, -0.1) is 0 Å². The van der Waals surface area contributed by atoms with Crippen molar-refractivity contribution in [3.05, 3.63) is 48.0 Å². The Balaban J connectivity index is 1.68. The van der Waals surface area contributed by atoms with E-state index < -0.39 is 5.41 Å². The van der Waals surface area contributed by atoms with Crippen molar-refractivity contribution in [3.63, 3.8) is 0 Å². The maximum Gasteiger partial charge on any atom is 0.235 e. The minimum Gasteiger partial charge on any atom is -0.492 e. The van der Waals surface area contributed by atoms with Crippen LogP contribution in [0.25, 0.3) is 0 Å². The quantitative estimate of drug-likeness (QED) is 0.643. The third-order valence-corrected chi connectivity index (χ3v) is 6.48. The van der Waals surface area contributed by atoms with Crippen molar-refractivity contribution in [2.45, 2.75) is 44.9 Å². The number of nitrogens with zero attached hydrogens (tertiary/aromatic N) is 1. The summed E-state index contributed by atoms with van der Waals surface area (Å²) in [6.45, 7) is 7.97. The molecule has 0 aromatic heterocycles. The molecule has 0 bridgehead atoms. The van der Waals surface area contributed by atoms with Crippen LogP contribution in [-0.4, -0.2) is 45.4 Å². The van der Waals surface area contributed by atoms with E-state index in [0.29, 0.717) is 37.9 Å². The first-order valence-corrected chi connectivity index (χ1v) is 11.8. The van der Waals surface area contributed by atoms with Crippen molar-refractivity contribution in [1.82, 2.24) is 0 Å². The summed E-state index contributed by atoms with van der Waals surface area (Å²) in [7, 11) is 0. The predicted octanol–water partition coefficient (Wildman–Crippen LogP) is 4.77. The Morgan fingerprint density at radius 1 is 1.00 bits per heavy atom. The van der Waals surface area contributed by atoms with Gasteiger partial charge in [0.25, 0.3) is 0 Å². The number of anilines is 2. The topological polar surface area (TPSA) is 60.0 Å². The van der Waals surface area contributed by atoms with Crippen molar-refractivity contribution in [1.29, 1.82) is 0 Å². The standard InChI is InChI=1S/C26H34N2O4/c1-3-31-23-19-22(28-14-16-30-17-15-28)24(32-4-2)18-21(23)27-25(29)26(12-8-9-13-26)20-10-6-5-7-11-20/h5-7,10-11,18-19H,3-4,8-9,12-17H2,1-2H3,(H,27,29). The normalized spacial score (nSPS) is 17.8. The number of hydrogen-bond acceptors (Lipinski definition) is 5. The second-order valence-corrected chi connectivity index (χ2v) is 8.39. The maximum absolute atomic E-state index is 13.7. The lowest BCUT2D eigenvalue weighted by atomic mass is 9.78. The van der Waals surface area contributed by atoms with E-state index >= 15 is 0 Å². The average Bonchev–Trinajstić information content (AvgIpc) is 3.33. The van der Waals surface area contributed by atoms with Gasteiger partial charge in [0.2, 0.25) is 5.91 Å². The van der Waals surface area contributed by atoms with E-state index in [1.807, 2.05) is 44.2 Å². The van der Waals surface area contributed by atoms with Gasteiger partial charge >= 0.3 is 0 Å². The molecule has 32 heavy (non-hydrogen) atoms. The van der Waals surface area contributed by atoms with E-state index in [1.165, 1.54) is 0 Å². The van der Waals surface area contributed by atoms with Gasteiger partial charge in [-0.3, -0.25) is 4.79 Å². The first kappa shape index (κ1) is 22.5. The molecule has 4 rings (SSSR count). The Morgan fingerprint density at radius 3 is 2.31 bits per heavy atom. The fraction of sp³-hybridized carbons (Fsp3) is 0.500. The van der Waals surface area contributed by atoms with Crippen LogP contribution in [0.5, 0.6) is 11.5 Å². The molecule has 1 aliphatic carbocycles. The third-order valence-electron chi connectivity index (χ3n) is 6.48. The molecule has 2 aromatic rings. The molecular formula is C26H34N2O4. The van der Waals surface area contributed by atoms with Crippen LogP contribution in [0.4, 0.5) is 11.4 Å². The predicted molar refractivity (Wildman–Crippen MR) is 127 cm³/mol. The smallest absolute Gasteiger partial charge is 0.235 e. The van der Waals surface area contributed by atoms with Gasteiger partial charge in [-0.2, -0.15) is 0 Å². The zero-order chi connectivity index (χ0) is 22.4. The molecule has 0 unspecified atom stereocenters. The molecule has 1 heterocycles. The summed E-state index contributed by atoms with van der Waals surface area (Å²) in [5, 5.41) is 3.22. The molecule has 2 fully saturated rings. The van der Waals surface area contributed by atoms with Crippen molar-refractivity contribution in [2.24, 2.45) is 0 Å². The zero-order valence-corrected chi connectivity index (χ0v) is 19.2. The van der Waals surface area contributed by atoms with Gasteiger partial charge in [0.1, 0.15) is 11.5 Å². The molecule has 2 aromatic carbocycles. The van der Waals surface area contributed by atoms with Crippen molar-refractivity contribution < 1.29 is 19.0 Å². The summed E-state index contributed by atoms with van der Waals surface area (Å²) < 4.78 is 17.5. The Morgan fingerprint density at radius 2 is 1.66 bits per heavy atom. The number of rotatable bonds is 8. The SMILES string of the molecule is CCOc1cc(N2CCOCC2)c(OCC)cc1NC(=O)C1(c2ccccc2)CCCC1. The van der Waals surface area contributed by atoms with E-state index in [-0.39, 0.29) is 5.91 Å². The summed E-state index contributed by atoms with van der Waals surface area (Å²) >= 11 is 0. The number of hydrogen-bond donors (Lipinski definition) is 1. The number of benzene rings is 2. The molecule has 0 radical (unpaired) electrons. The van der Waals surface area contributed by atoms with Crippen LogP contribution in [0.3, 0.4) is 0 Å². The van der Waals surface area contributed by atoms with Crippen LogP contribution in [-0.2, 0) is 14.9 Å². The molecule has 1 amide bonds. The molecule has 1 saturated carbocycles. The van der Waals surface area contributed by atoms with Gasteiger partial charge in [0.05, 0.1) is 43.2 Å². The number of morpholine rings is 1. The van der Waals surface area contributed by atoms with Crippen LogP contribution in [0.1, 0.15) is 45.1 Å². The highest BCUT2D eigenvalue weighted by atomic mass is 16.5. The highest BCUT2D eigenvalue weighted by Gasteiger charge is 2.43. The second-order valence-electron chi connectivity index (χ2n) is 8.39. The van der Waals surface area contributed by atoms with Crippen LogP contribution >= 0.6 is 0 Å². The molecule has 1 saturated heterocycles. The Bertz CT molecular complexity index is 904. The number of carbonyl (C=O) groups is 1. The van der Waals surface area contributed by atoms with Gasteiger partial charge in [0.15, 0.2) is 0 Å². The van der Waals surface area contributed by atoms with E-state index in [9.17, 15) is 4.79 Å². The highest BCUT2D eigenvalue weighted by Crippen LogP contribution is 2.44. The minimum atomic E-state index is -0.501. The van der Waals surface area contributed by atoms with Crippen molar-refractivity contribution in [2.75, 3.05) is 49.7 Å². The second kappa shape index (κ2) is 10.3. The number of ether oxygens (including phenoxy) is 3. The maximum atomic E-state index is 13.7. The molecule has 0 spiro atoms. The minimum absolute atomic E-state index is 0.0312. The summed E-state index contributed by atoms with van der Waals surface area (Å²) in [5.74, 6) is 1.46. The Kier molecular flexibility index (Phi) is 7.20. The first-order chi connectivity index (χ1) is 15.7. The molecule has 6 heteroatoms. The van der Waals surface area contributed by atoms with Gasteiger partial charge in [-0.25, -0.2) is 0 Å². The lowest BCUT2D eigenvalue weighted by Crippen LogP contribution is -2.38. The number of carbonyl (C=O) groups excluding carboxylic acids is 1. The van der Waals surface area contributed by atoms with Gasteiger partial charge in [-0.05, 0) is 32.3 Å². The molecule has 6 nitrogen and oxygen atoms in total. The lowest BCUT2D eigenvalue weighted by molar-refractivity contribution is -0.121. The number of amides is 1. The van der Waals surface area contributed by atoms with Crippen molar-refractivity contribution in [3.8, 4) is 11.5 Å². The van der Waals surface area contributed by atoms with Gasteiger partial charge in [0, 0.05) is 25.2 Å². The van der Waals surface area contributed by atoms with Gasteiger partial charge < -0.3 is 24.4 Å². The van der Waals surface area contributed by atoms with Gasteiger partial charge in [-0.1, -0.05) is 43.2 Å². The van der Waals surface area contributed by atoms with Crippen molar-refractivity contribution >= 4 is 17.3 Å². The average molecular weight is 439 g/mol. The van der Waals surface area contributed by atoms with Crippen LogP contribution < -0.4 is 19.7 Å². The molecule has 172 valence electrons. The largest absolute Gasteiger partial charge is 0.492 e. The summed E-state index contributed by atoms with van der Waals surface area (Å²) in [6, 6.07) is 14.1. The van der Waals surface area contributed by atoms with E-state index in [2.05, 4.69) is 22.3 Å². The third kappa shape index (κ3) is 4.56. The first-order valence-electron chi connectivity index (χ1n) is 11.8. The summed E-state index contributed by atoms with van der Waals surface area (Å²) in [5.41, 5.74) is 2.23. The summed E-state index contributed by atoms with van der Waals surface area (Å²) in [6.07, 6.45) is 3.83.